The summed E-state index contributed by atoms with van der Waals surface area (Å²) in [6, 6.07) is 12.0. The molecule has 0 aliphatic heterocycles. The van der Waals surface area contributed by atoms with E-state index in [1.165, 1.54) is 6.42 Å². The summed E-state index contributed by atoms with van der Waals surface area (Å²) < 4.78 is 2.16. The van der Waals surface area contributed by atoms with E-state index < -0.39 is 0 Å². The highest BCUT2D eigenvalue weighted by molar-refractivity contribution is 6.31. The summed E-state index contributed by atoms with van der Waals surface area (Å²) in [5.41, 5.74) is 2.20. The van der Waals surface area contributed by atoms with Crippen molar-refractivity contribution in [2.45, 2.75) is 32.4 Å². The third kappa shape index (κ3) is 3.73. The molecule has 1 amide bonds. The quantitative estimate of drug-likeness (QED) is 0.680. The summed E-state index contributed by atoms with van der Waals surface area (Å²) in [6.07, 6.45) is 7.05. The average Bonchev–Trinajstić information content (AvgIpc) is 2.94. The Morgan fingerprint density at radius 3 is 2.75 bits per heavy atom. The molecular formula is C20H23ClN2O. The Morgan fingerprint density at radius 1 is 1.29 bits per heavy atom. The van der Waals surface area contributed by atoms with Crippen LogP contribution in [0.15, 0.2) is 55.3 Å². The average molecular weight is 343 g/mol. The first-order valence-electron chi connectivity index (χ1n) is 8.46. The van der Waals surface area contributed by atoms with E-state index in [1.54, 1.807) is 6.08 Å². The summed E-state index contributed by atoms with van der Waals surface area (Å²) in [6.45, 7) is 5.71. The summed E-state index contributed by atoms with van der Waals surface area (Å²) in [5.74, 6) is 0.462. The Kier molecular flexibility index (Phi) is 5.41. The Hall–Kier alpha value is -2.00. The number of carbonyl (C=O) groups excluding carboxylic acids is 1. The maximum atomic E-state index is 12.6. The van der Waals surface area contributed by atoms with Gasteiger partial charge < -0.3 is 9.47 Å². The normalized spacial score (nSPS) is 14.2. The number of halogens is 1. The van der Waals surface area contributed by atoms with E-state index >= 15 is 0 Å². The second-order valence-corrected chi connectivity index (χ2v) is 6.76. The molecule has 2 aromatic rings. The van der Waals surface area contributed by atoms with Gasteiger partial charge in [-0.1, -0.05) is 42.3 Å². The van der Waals surface area contributed by atoms with Crippen molar-refractivity contribution in [3.63, 3.8) is 0 Å². The van der Waals surface area contributed by atoms with Crippen molar-refractivity contribution in [1.82, 2.24) is 9.47 Å². The van der Waals surface area contributed by atoms with Gasteiger partial charge in [0.15, 0.2) is 0 Å². The monoisotopic (exact) mass is 342 g/mol. The van der Waals surface area contributed by atoms with Crippen LogP contribution in [-0.2, 0) is 17.9 Å². The number of aromatic nitrogens is 1. The second-order valence-electron chi connectivity index (χ2n) is 6.35. The van der Waals surface area contributed by atoms with Gasteiger partial charge in [0.1, 0.15) is 0 Å². The number of carbonyl (C=O) groups is 1. The lowest BCUT2D eigenvalue weighted by atomic mass is 9.84. The molecule has 0 N–H and O–H groups in total. The third-order valence-electron chi connectivity index (χ3n) is 4.69. The van der Waals surface area contributed by atoms with E-state index in [0.29, 0.717) is 19.6 Å². The fraction of sp³-hybridized carbons (Fsp3) is 0.350. The Balaban J connectivity index is 1.74. The molecule has 0 spiro atoms. The van der Waals surface area contributed by atoms with Crippen LogP contribution in [-0.4, -0.2) is 21.9 Å². The highest BCUT2D eigenvalue weighted by Gasteiger charge is 2.29. The predicted molar refractivity (Wildman–Crippen MR) is 97.9 cm³/mol. The van der Waals surface area contributed by atoms with E-state index in [1.807, 2.05) is 41.4 Å². The largest absolute Gasteiger partial charge is 0.345 e. The topological polar surface area (TPSA) is 25.2 Å². The molecule has 1 aromatic carbocycles. The van der Waals surface area contributed by atoms with Crippen molar-refractivity contribution in [3.8, 4) is 0 Å². The number of hydrogen-bond acceptors (Lipinski definition) is 1. The molecule has 1 heterocycles. The summed E-state index contributed by atoms with van der Waals surface area (Å²) in [7, 11) is 0. The van der Waals surface area contributed by atoms with E-state index in [-0.39, 0.29) is 11.8 Å². The van der Waals surface area contributed by atoms with Crippen LogP contribution in [0.5, 0.6) is 0 Å². The van der Waals surface area contributed by atoms with Gasteiger partial charge in [-0.3, -0.25) is 4.79 Å². The lowest BCUT2D eigenvalue weighted by molar-refractivity contribution is -0.138. The fourth-order valence-electron chi connectivity index (χ4n) is 3.05. The summed E-state index contributed by atoms with van der Waals surface area (Å²) in [4.78, 5) is 14.5. The van der Waals surface area contributed by atoms with Gasteiger partial charge >= 0.3 is 0 Å². The molecular weight excluding hydrogens is 320 g/mol. The first-order chi connectivity index (χ1) is 11.7. The van der Waals surface area contributed by atoms with Crippen molar-refractivity contribution >= 4 is 17.5 Å². The van der Waals surface area contributed by atoms with Crippen LogP contribution in [0.1, 0.15) is 30.5 Å². The van der Waals surface area contributed by atoms with Gasteiger partial charge in [0, 0.05) is 35.9 Å². The van der Waals surface area contributed by atoms with Gasteiger partial charge in [-0.05, 0) is 36.6 Å². The van der Waals surface area contributed by atoms with Crippen molar-refractivity contribution in [3.05, 3.63) is 71.5 Å². The van der Waals surface area contributed by atoms with Crippen molar-refractivity contribution < 1.29 is 4.79 Å². The Bertz CT molecular complexity index is 718. The molecule has 1 aliphatic carbocycles. The molecule has 1 fully saturated rings. The minimum absolute atomic E-state index is 0.205. The van der Waals surface area contributed by atoms with Crippen LogP contribution in [0, 0.1) is 5.92 Å². The first-order valence-corrected chi connectivity index (χ1v) is 8.84. The molecule has 1 aliphatic rings. The summed E-state index contributed by atoms with van der Waals surface area (Å²) in [5, 5.41) is 0.769. The summed E-state index contributed by atoms with van der Waals surface area (Å²) >= 11 is 6.28. The lowest BCUT2D eigenvalue weighted by Gasteiger charge is -2.31. The zero-order valence-corrected chi connectivity index (χ0v) is 14.6. The van der Waals surface area contributed by atoms with Crippen molar-refractivity contribution in [2.75, 3.05) is 6.54 Å². The number of nitrogens with zero attached hydrogens (tertiary/aromatic N) is 2. The number of amides is 1. The van der Waals surface area contributed by atoms with E-state index in [0.717, 1.165) is 29.1 Å². The highest BCUT2D eigenvalue weighted by Crippen LogP contribution is 2.29. The fourth-order valence-corrected chi connectivity index (χ4v) is 3.25. The Labute approximate surface area is 148 Å². The van der Waals surface area contributed by atoms with Crippen LogP contribution >= 0.6 is 11.6 Å². The molecule has 3 nitrogen and oxygen atoms in total. The smallest absolute Gasteiger partial charge is 0.226 e. The lowest BCUT2D eigenvalue weighted by Crippen LogP contribution is -2.39. The zero-order chi connectivity index (χ0) is 16.9. The molecule has 3 rings (SSSR count). The Morgan fingerprint density at radius 2 is 2.08 bits per heavy atom. The number of rotatable bonds is 7. The predicted octanol–water partition coefficient (Wildman–Crippen LogP) is 4.50. The molecule has 0 radical (unpaired) electrons. The highest BCUT2D eigenvalue weighted by atomic mass is 35.5. The molecule has 0 saturated heterocycles. The van der Waals surface area contributed by atoms with Gasteiger partial charge in [0.25, 0.3) is 0 Å². The van der Waals surface area contributed by atoms with Crippen LogP contribution in [0.3, 0.4) is 0 Å². The van der Waals surface area contributed by atoms with Crippen LogP contribution in [0.4, 0.5) is 0 Å². The van der Waals surface area contributed by atoms with Gasteiger partial charge in [-0.2, -0.15) is 0 Å². The molecule has 24 heavy (non-hydrogen) atoms. The van der Waals surface area contributed by atoms with Gasteiger partial charge in [0.2, 0.25) is 5.91 Å². The minimum Gasteiger partial charge on any atom is -0.345 e. The van der Waals surface area contributed by atoms with E-state index in [9.17, 15) is 4.79 Å². The molecule has 1 aromatic heterocycles. The maximum absolute atomic E-state index is 12.6. The van der Waals surface area contributed by atoms with Crippen molar-refractivity contribution in [1.29, 1.82) is 0 Å². The molecule has 0 unspecified atom stereocenters. The molecule has 0 atom stereocenters. The van der Waals surface area contributed by atoms with Gasteiger partial charge in [-0.25, -0.2) is 0 Å². The van der Waals surface area contributed by atoms with Gasteiger partial charge in [-0.15, -0.1) is 6.58 Å². The van der Waals surface area contributed by atoms with Crippen LogP contribution in [0.2, 0.25) is 5.02 Å². The van der Waals surface area contributed by atoms with E-state index in [4.69, 9.17) is 11.6 Å². The number of hydrogen-bond donors (Lipinski definition) is 0. The maximum Gasteiger partial charge on any atom is 0.226 e. The standard InChI is InChI=1S/C20H23ClN2O/c1-2-12-23(20(24)16-8-5-9-16)15-18-10-6-13-22(18)14-17-7-3-4-11-19(17)21/h2-4,6-7,10-11,13,16H,1,5,8-9,12,14-15H2. The molecule has 1 saturated carbocycles. The third-order valence-corrected chi connectivity index (χ3v) is 5.06. The zero-order valence-electron chi connectivity index (χ0n) is 13.8. The molecule has 0 bridgehead atoms. The number of benzene rings is 1. The SMILES string of the molecule is C=CCN(Cc1cccn1Cc1ccccc1Cl)C(=O)C1CCC1. The van der Waals surface area contributed by atoms with E-state index in [2.05, 4.69) is 17.2 Å². The molecule has 126 valence electrons. The van der Waals surface area contributed by atoms with Crippen LogP contribution < -0.4 is 0 Å². The van der Waals surface area contributed by atoms with Crippen molar-refractivity contribution in [2.24, 2.45) is 5.92 Å². The first kappa shape index (κ1) is 16.8. The molecule has 4 heteroatoms. The van der Waals surface area contributed by atoms with Gasteiger partial charge in [0.05, 0.1) is 6.54 Å². The second kappa shape index (κ2) is 7.71. The van der Waals surface area contributed by atoms with Crippen LogP contribution in [0.25, 0.3) is 0 Å². The minimum atomic E-state index is 0.205.